The monoisotopic (exact) mass is 408 g/mol. The van der Waals surface area contributed by atoms with Crippen LogP contribution in [0.4, 0.5) is 5.69 Å². The largest absolute Gasteiger partial charge is 0.494 e. The lowest BCUT2D eigenvalue weighted by atomic mass is 9.85. The van der Waals surface area contributed by atoms with Gasteiger partial charge in [0.25, 0.3) is 0 Å². The number of anilines is 1. The van der Waals surface area contributed by atoms with Crippen molar-refractivity contribution in [3.63, 3.8) is 0 Å². The molecule has 0 aromatic heterocycles. The minimum absolute atomic E-state index is 0.134. The third-order valence-electron chi connectivity index (χ3n) is 5.06. The summed E-state index contributed by atoms with van der Waals surface area (Å²) in [5, 5.41) is 9.64. The number of hydrogen-bond donors (Lipinski definition) is 3. The topological polar surface area (TPSA) is 74.8 Å². The second-order valence-corrected chi connectivity index (χ2v) is 7.45. The van der Waals surface area contributed by atoms with Crippen molar-refractivity contribution < 1.29 is 9.53 Å². The Bertz CT molecular complexity index is 819. The number of hydrogen-bond acceptors (Lipinski definition) is 3. The van der Waals surface area contributed by atoms with Gasteiger partial charge < -0.3 is 20.7 Å². The van der Waals surface area contributed by atoms with Crippen molar-refractivity contribution in [1.82, 2.24) is 10.6 Å². The number of amides is 1. The molecular weight excluding hydrogens is 376 g/mol. The zero-order chi connectivity index (χ0) is 21.0. The molecule has 0 heterocycles. The average molecular weight is 409 g/mol. The van der Waals surface area contributed by atoms with Crippen LogP contribution >= 0.6 is 0 Å². The molecule has 2 aromatic rings. The first-order chi connectivity index (χ1) is 14.7. The molecule has 0 saturated heterocycles. The maximum atomic E-state index is 12.2. The Morgan fingerprint density at radius 2 is 1.93 bits per heavy atom. The smallest absolute Gasteiger partial charge is 0.227 e. The maximum Gasteiger partial charge on any atom is 0.227 e. The molecule has 1 fully saturated rings. The minimum atomic E-state index is 0.134. The average Bonchev–Trinajstić information content (AvgIpc) is 2.71. The van der Waals surface area contributed by atoms with Gasteiger partial charge in [-0.05, 0) is 56.0 Å². The van der Waals surface area contributed by atoms with Gasteiger partial charge in [-0.3, -0.25) is 4.79 Å². The first kappa shape index (κ1) is 21.7. The molecule has 0 bridgehead atoms. The van der Waals surface area contributed by atoms with Crippen LogP contribution in [0.2, 0.25) is 0 Å². The van der Waals surface area contributed by atoms with Crippen molar-refractivity contribution in [3.8, 4) is 5.75 Å². The van der Waals surface area contributed by atoms with Crippen LogP contribution in [-0.4, -0.2) is 31.6 Å². The zero-order valence-corrected chi connectivity index (χ0v) is 17.7. The van der Waals surface area contributed by atoms with E-state index < -0.39 is 0 Å². The second kappa shape index (κ2) is 11.9. The number of ether oxygens (including phenoxy) is 1. The minimum Gasteiger partial charge on any atom is -0.494 e. The highest BCUT2D eigenvalue weighted by Crippen LogP contribution is 2.27. The van der Waals surface area contributed by atoms with E-state index in [1.165, 1.54) is 0 Å². The van der Waals surface area contributed by atoms with Crippen molar-refractivity contribution in [3.05, 3.63) is 60.2 Å². The summed E-state index contributed by atoms with van der Waals surface area (Å²) >= 11 is 0. The van der Waals surface area contributed by atoms with E-state index in [1.54, 1.807) is 0 Å². The standard InChI is InChI=1S/C24H32N4O2/c1-2-25-24(26-15-8-16-30-22-13-4-3-5-14-22)27-18-19-9-6-12-21(17-19)28-23(29)20-10-7-11-20/h3-6,9,12-14,17,20H,2,7-8,10-11,15-16,18H2,1H3,(H,28,29)(H2,25,26,27). The van der Waals surface area contributed by atoms with Gasteiger partial charge in [0, 0.05) is 24.7 Å². The lowest BCUT2D eigenvalue weighted by Crippen LogP contribution is -2.38. The molecule has 1 saturated carbocycles. The van der Waals surface area contributed by atoms with Crippen LogP contribution in [0.15, 0.2) is 59.6 Å². The van der Waals surface area contributed by atoms with Crippen LogP contribution in [0.1, 0.15) is 38.2 Å². The predicted molar refractivity (Wildman–Crippen MR) is 122 cm³/mol. The number of nitrogens with one attached hydrogen (secondary N) is 3. The third-order valence-corrected chi connectivity index (χ3v) is 5.06. The van der Waals surface area contributed by atoms with Crippen LogP contribution in [0.25, 0.3) is 0 Å². The first-order valence-corrected chi connectivity index (χ1v) is 10.8. The number of guanidine groups is 1. The Labute approximate surface area is 179 Å². The number of benzene rings is 2. The number of para-hydroxylation sites is 1. The van der Waals surface area contributed by atoms with E-state index in [0.29, 0.717) is 13.2 Å². The summed E-state index contributed by atoms with van der Waals surface area (Å²) in [6.45, 7) is 4.81. The fraction of sp³-hybridized carbons (Fsp3) is 0.417. The summed E-state index contributed by atoms with van der Waals surface area (Å²) in [5.41, 5.74) is 1.90. The van der Waals surface area contributed by atoms with Crippen molar-refractivity contribution in [1.29, 1.82) is 0 Å². The SMILES string of the molecule is CCNC(=NCc1cccc(NC(=O)C2CCC2)c1)NCCCOc1ccccc1. The molecule has 0 radical (unpaired) electrons. The molecule has 1 aliphatic carbocycles. The van der Waals surface area contributed by atoms with Gasteiger partial charge in [0.2, 0.25) is 5.91 Å². The molecule has 160 valence electrons. The maximum absolute atomic E-state index is 12.2. The van der Waals surface area contributed by atoms with Gasteiger partial charge >= 0.3 is 0 Å². The highest BCUT2D eigenvalue weighted by atomic mass is 16.5. The molecule has 6 heteroatoms. The fourth-order valence-electron chi connectivity index (χ4n) is 3.16. The molecule has 3 N–H and O–H groups in total. The molecule has 0 spiro atoms. The Balaban J connectivity index is 1.44. The van der Waals surface area contributed by atoms with Crippen molar-refractivity contribution in [2.24, 2.45) is 10.9 Å². The van der Waals surface area contributed by atoms with Gasteiger partial charge in [0.15, 0.2) is 5.96 Å². The summed E-state index contributed by atoms with van der Waals surface area (Å²) < 4.78 is 5.72. The van der Waals surface area contributed by atoms with Gasteiger partial charge in [0.05, 0.1) is 13.2 Å². The molecule has 30 heavy (non-hydrogen) atoms. The van der Waals surface area contributed by atoms with E-state index in [2.05, 4.69) is 20.9 Å². The Hall–Kier alpha value is -3.02. The van der Waals surface area contributed by atoms with Crippen LogP contribution in [0.5, 0.6) is 5.75 Å². The molecule has 3 rings (SSSR count). The highest BCUT2D eigenvalue weighted by Gasteiger charge is 2.25. The molecule has 6 nitrogen and oxygen atoms in total. The van der Waals surface area contributed by atoms with Gasteiger partial charge in [-0.2, -0.15) is 0 Å². The number of nitrogens with zero attached hydrogens (tertiary/aromatic N) is 1. The van der Waals surface area contributed by atoms with E-state index in [-0.39, 0.29) is 11.8 Å². The normalized spacial score (nSPS) is 14.0. The Morgan fingerprint density at radius 1 is 1.10 bits per heavy atom. The highest BCUT2D eigenvalue weighted by molar-refractivity contribution is 5.93. The summed E-state index contributed by atoms with van der Waals surface area (Å²) in [6.07, 6.45) is 4.04. The van der Waals surface area contributed by atoms with Crippen molar-refractivity contribution in [2.75, 3.05) is 25.0 Å². The molecule has 0 unspecified atom stereocenters. The molecule has 2 aromatic carbocycles. The van der Waals surface area contributed by atoms with E-state index in [9.17, 15) is 4.79 Å². The Morgan fingerprint density at radius 3 is 2.67 bits per heavy atom. The molecular formula is C24H32N4O2. The molecule has 1 aliphatic rings. The summed E-state index contributed by atoms with van der Waals surface area (Å²) in [4.78, 5) is 16.8. The van der Waals surface area contributed by atoms with E-state index in [0.717, 1.165) is 61.7 Å². The summed E-state index contributed by atoms with van der Waals surface area (Å²) in [5.74, 6) is 1.99. The molecule has 0 atom stereocenters. The predicted octanol–water partition coefficient (Wildman–Crippen LogP) is 3.95. The number of rotatable bonds is 10. The van der Waals surface area contributed by atoms with E-state index in [1.807, 2.05) is 61.5 Å². The van der Waals surface area contributed by atoms with Crippen LogP contribution in [-0.2, 0) is 11.3 Å². The zero-order valence-electron chi connectivity index (χ0n) is 17.7. The molecule has 1 amide bonds. The van der Waals surface area contributed by atoms with Gasteiger partial charge in [0.1, 0.15) is 5.75 Å². The lowest BCUT2D eigenvalue weighted by molar-refractivity contribution is -0.122. The number of carbonyl (C=O) groups excluding carboxylic acids is 1. The van der Waals surface area contributed by atoms with Gasteiger partial charge in [-0.1, -0.05) is 36.8 Å². The fourth-order valence-corrected chi connectivity index (χ4v) is 3.16. The molecule has 0 aliphatic heterocycles. The Kier molecular flexibility index (Phi) is 8.57. The lowest BCUT2D eigenvalue weighted by Gasteiger charge is -2.24. The quantitative estimate of drug-likeness (QED) is 0.316. The third kappa shape index (κ3) is 7.10. The first-order valence-electron chi connectivity index (χ1n) is 10.8. The van der Waals surface area contributed by atoms with Gasteiger partial charge in [-0.25, -0.2) is 4.99 Å². The van der Waals surface area contributed by atoms with Crippen molar-refractivity contribution >= 4 is 17.6 Å². The van der Waals surface area contributed by atoms with Crippen LogP contribution < -0.4 is 20.7 Å². The second-order valence-electron chi connectivity index (χ2n) is 7.45. The number of carbonyl (C=O) groups is 1. The van der Waals surface area contributed by atoms with E-state index in [4.69, 9.17) is 4.74 Å². The van der Waals surface area contributed by atoms with Crippen LogP contribution in [0.3, 0.4) is 0 Å². The van der Waals surface area contributed by atoms with Crippen molar-refractivity contribution in [2.45, 2.75) is 39.2 Å². The van der Waals surface area contributed by atoms with E-state index >= 15 is 0 Å². The summed E-state index contributed by atoms with van der Waals surface area (Å²) in [7, 11) is 0. The van der Waals surface area contributed by atoms with Crippen LogP contribution in [0, 0.1) is 5.92 Å². The summed E-state index contributed by atoms with van der Waals surface area (Å²) in [6, 6.07) is 17.8. The van der Waals surface area contributed by atoms with Gasteiger partial charge in [-0.15, -0.1) is 0 Å². The number of aliphatic imine (C=N–C) groups is 1.